The number of thioether (sulfide) groups is 1. The van der Waals surface area contributed by atoms with E-state index < -0.39 is 18.0 Å². The van der Waals surface area contributed by atoms with Crippen LogP contribution in [-0.2, 0) is 14.3 Å². The Kier molecular flexibility index (Phi) is 5.10. The maximum absolute atomic E-state index is 11.2. The second-order valence-electron chi connectivity index (χ2n) is 3.38. The third-order valence-corrected chi connectivity index (χ3v) is 2.94. The van der Waals surface area contributed by atoms with E-state index in [1.165, 1.54) is 0 Å². The normalized spacial score (nSPS) is 23.0. The maximum atomic E-state index is 11.2. The van der Waals surface area contributed by atoms with Crippen molar-refractivity contribution in [3.05, 3.63) is 0 Å². The molecule has 0 saturated heterocycles. The van der Waals surface area contributed by atoms with Crippen LogP contribution in [0, 0.1) is 5.92 Å². The first-order chi connectivity index (χ1) is 7.65. The molecule has 0 aromatic carbocycles. The SMILES string of the molecule is O=CSCCOC(=O)NC1CCC1C(=O)O. The molecule has 2 atom stereocenters. The highest BCUT2D eigenvalue weighted by Gasteiger charge is 2.37. The van der Waals surface area contributed by atoms with Crippen molar-refractivity contribution in [1.82, 2.24) is 5.32 Å². The minimum absolute atomic E-state index is 0.139. The first kappa shape index (κ1) is 12.8. The van der Waals surface area contributed by atoms with Crippen LogP contribution < -0.4 is 5.32 Å². The molecule has 0 aromatic heterocycles. The van der Waals surface area contributed by atoms with Crippen LogP contribution in [0.1, 0.15) is 12.8 Å². The molecule has 90 valence electrons. The van der Waals surface area contributed by atoms with E-state index >= 15 is 0 Å². The van der Waals surface area contributed by atoms with Crippen LogP contribution in [0.5, 0.6) is 0 Å². The summed E-state index contributed by atoms with van der Waals surface area (Å²) in [7, 11) is 0. The minimum atomic E-state index is -0.895. The number of carboxylic acid groups (broad SMARTS) is 1. The second kappa shape index (κ2) is 6.37. The average Bonchev–Trinajstić information content (AvgIpc) is 2.18. The molecule has 2 N–H and O–H groups in total. The summed E-state index contributed by atoms with van der Waals surface area (Å²) in [6.45, 7) is 0.139. The summed E-state index contributed by atoms with van der Waals surface area (Å²) in [4.78, 5) is 31.7. The van der Waals surface area contributed by atoms with Gasteiger partial charge in [0, 0.05) is 11.8 Å². The zero-order valence-electron chi connectivity index (χ0n) is 8.55. The van der Waals surface area contributed by atoms with E-state index in [1.54, 1.807) is 0 Å². The number of amides is 1. The number of aliphatic carboxylic acids is 1. The van der Waals surface area contributed by atoms with E-state index in [1.807, 2.05) is 0 Å². The van der Waals surface area contributed by atoms with Gasteiger partial charge in [-0.1, -0.05) is 11.8 Å². The third kappa shape index (κ3) is 3.73. The van der Waals surface area contributed by atoms with Crippen molar-refractivity contribution < 1.29 is 24.2 Å². The summed E-state index contributed by atoms with van der Waals surface area (Å²) >= 11 is 1.01. The summed E-state index contributed by atoms with van der Waals surface area (Å²) < 4.78 is 4.76. The van der Waals surface area contributed by atoms with Crippen molar-refractivity contribution in [2.24, 2.45) is 5.92 Å². The lowest BCUT2D eigenvalue weighted by Gasteiger charge is -2.33. The van der Waals surface area contributed by atoms with Gasteiger partial charge < -0.3 is 15.2 Å². The van der Waals surface area contributed by atoms with Gasteiger partial charge in [0.25, 0.3) is 0 Å². The number of hydrogen-bond acceptors (Lipinski definition) is 5. The Balaban J connectivity index is 2.14. The van der Waals surface area contributed by atoms with Crippen LogP contribution in [0.2, 0.25) is 0 Å². The number of hydrogen-bond donors (Lipinski definition) is 2. The molecule has 0 radical (unpaired) electrons. The van der Waals surface area contributed by atoms with Crippen molar-refractivity contribution in [3.8, 4) is 0 Å². The number of nitrogens with one attached hydrogen (secondary N) is 1. The fourth-order valence-corrected chi connectivity index (χ4v) is 1.67. The highest BCUT2D eigenvalue weighted by Crippen LogP contribution is 2.27. The van der Waals surface area contributed by atoms with E-state index in [9.17, 15) is 14.4 Å². The molecule has 0 bridgehead atoms. The van der Waals surface area contributed by atoms with Crippen LogP contribution in [0.3, 0.4) is 0 Å². The van der Waals surface area contributed by atoms with Crippen molar-refractivity contribution in [2.45, 2.75) is 18.9 Å². The zero-order valence-corrected chi connectivity index (χ0v) is 9.37. The predicted octanol–water partition coefficient (Wildman–Crippen LogP) is 0.499. The second-order valence-corrected chi connectivity index (χ2v) is 4.31. The molecule has 0 aromatic rings. The van der Waals surface area contributed by atoms with Gasteiger partial charge in [-0.2, -0.15) is 0 Å². The molecule has 1 aliphatic carbocycles. The fourth-order valence-electron chi connectivity index (χ4n) is 1.39. The molecule has 16 heavy (non-hydrogen) atoms. The van der Waals surface area contributed by atoms with E-state index in [0.29, 0.717) is 24.2 Å². The molecule has 1 rings (SSSR count). The Morgan fingerprint density at radius 2 is 2.25 bits per heavy atom. The quantitative estimate of drug-likeness (QED) is 0.524. The summed E-state index contributed by atoms with van der Waals surface area (Å²) in [5.74, 6) is -0.991. The van der Waals surface area contributed by atoms with Gasteiger partial charge in [-0.05, 0) is 12.8 Å². The molecule has 7 heteroatoms. The molecule has 1 aliphatic rings. The van der Waals surface area contributed by atoms with Gasteiger partial charge in [-0.15, -0.1) is 0 Å². The summed E-state index contributed by atoms with van der Waals surface area (Å²) in [5, 5.41) is 11.2. The Morgan fingerprint density at radius 3 is 2.75 bits per heavy atom. The van der Waals surface area contributed by atoms with Crippen molar-refractivity contribution in [2.75, 3.05) is 12.4 Å². The average molecular weight is 247 g/mol. The molecule has 6 nitrogen and oxygen atoms in total. The van der Waals surface area contributed by atoms with Crippen molar-refractivity contribution in [1.29, 1.82) is 0 Å². The van der Waals surface area contributed by atoms with Gasteiger partial charge in [0.2, 0.25) is 0 Å². The van der Waals surface area contributed by atoms with E-state index in [2.05, 4.69) is 5.32 Å². The largest absolute Gasteiger partial charge is 0.481 e. The van der Waals surface area contributed by atoms with Gasteiger partial charge in [0.15, 0.2) is 5.62 Å². The van der Waals surface area contributed by atoms with Gasteiger partial charge in [-0.3, -0.25) is 9.59 Å². The maximum Gasteiger partial charge on any atom is 0.407 e. The molecule has 0 heterocycles. The highest BCUT2D eigenvalue weighted by atomic mass is 32.2. The van der Waals surface area contributed by atoms with Crippen LogP contribution in [0.4, 0.5) is 4.79 Å². The smallest absolute Gasteiger partial charge is 0.407 e. The summed E-state index contributed by atoms with van der Waals surface area (Å²) in [6.07, 6.45) is 0.624. The Bertz CT molecular complexity index is 283. The van der Waals surface area contributed by atoms with E-state index in [4.69, 9.17) is 9.84 Å². The number of carbonyl (C=O) groups excluding carboxylic acids is 2. The lowest BCUT2D eigenvalue weighted by molar-refractivity contribution is -0.145. The number of ether oxygens (including phenoxy) is 1. The Hall–Kier alpha value is -1.24. The lowest BCUT2D eigenvalue weighted by Crippen LogP contribution is -2.50. The lowest BCUT2D eigenvalue weighted by atomic mass is 9.80. The highest BCUT2D eigenvalue weighted by molar-refractivity contribution is 8.11. The first-order valence-corrected chi connectivity index (χ1v) is 5.91. The van der Waals surface area contributed by atoms with E-state index in [0.717, 1.165) is 11.8 Å². The Morgan fingerprint density at radius 1 is 1.50 bits per heavy atom. The number of alkyl carbamates (subject to hydrolysis) is 1. The molecular weight excluding hydrogens is 234 g/mol. The molecule has 0 aliphatic heterocycles. The molecular formula is C9H13NO5S. The van der Waals surface area contributed by atoms with Gasteiger partial charge in [0.05, 0.1) is 5.92 Å². The monoisotopic (exact) mass is 247 g/mol. The Labute approximate surface area is 96.7 Å². The number of carboxylic acids is 1. The molecule has 2 unspecified atom stereocenters. The molecule has 1 saturated carbocycles. The van der Waals surface area contributed by atoms with E-state index in [-0.39, 0.29) is 12.6 Å². The van der Waals surface area contributed by atoms with Gasteiger partial charge in [0.1, 0.15) is 6.61 Å². The standard InChI is InChI=1S/C9H13NO5S/c11-5-16-4-3-15-9(14)10-7-2-1-6(7)8(12)13/h5-7H,1-4H2,(H,10,14)(H,12,13). The fraction of sp³-hybridized carbons (Fsp3) is 0.667. The molecule has 1 fully saturated rings. The van der Waals surface area contributed by atoms with Crippen LogP contribution in [0.15, 0.2) is 0 Å². The van der Waals surface area contributed by atoms with Gasteiger partial charge in [-0.25, -0.2) is 4.79 Å². The van der Waals surface area contributed by atoms with Gasteiger partial charge >= 0.3 is 12.1 Å². The topological polar surface area (TPSA) is 92.7 Å². The minimum Gasteiger partial charge on any atom is -0.481 e. The number of rotatable bonds is 6. The first-order valence-electron chi connectivity index (χ1n) is 4.86. The van der Waals surface area contributed by atoms with Crippen molar-refractivity contribution >= 4 is 29.4 Å². The molecule has 0 spiro atoms. The summed E-state index contributed by atoms with van der Waals surface area (Å²) in [6, 6.07) is -0.330. The predicted molar refractivity (Wildman–Crippen MR) is 57.8 cm³/mol. The number of carbonyl (C=O) groups is 3. The van der Waals surface area contributed by atoms with Crippen LogP contribution in [-0.4, -0.2) is 41.2 Å². The molecule has 1 amide bonds. The van der Waals surface area contributed by atoms with Crippen LogP contribution >= 0.6 is 11.8 Å². The van der Waals surface area contributed by atoms with Crippen molar-refractivity contribution in [3.63, 3.8) is 0 Å². The third-order valence-electron chi connectivity index (χ3n) is 2.40. The van der Waals surface area contributed by atoms with Crippen LogP contribution in [0.25, 0.3) is 0 Å². The summed E-state index contributed by atoms with van der Waals surface area (Å²) in [5.41, 5.74) is 0.674. The zero-order chi connectivity index (χ0) is 12.0.